The third kappa shape index (κ3) is 4.42. The molecule has 1 aromatic carbocycles. The number of carbonyl (C=O) groups is 1. The molecule has 3 N–H and O–H groups in total. The first kappa shape index (κ1) is 17.9. The summed E-state index contributed by atoms with van der Waals surface area (Å²) in [6.45, 7) is 3.99. The molecule has 0 fully saturated rings. The maximum absolute atomic E-state index is 13.8. The van der Waals surface area contributed by atoms with Crippen molar-refractivity contribution in [3.63, 3.8) is 0 Å². The van der Waals surface area contributed by atoms with E-state index in [0.29, 0.717) is 18.8 Å². The summed E-state index contributed by atoms with van der Waals surface area (Å²) >= 11 is 0. The Labute approximate surface area is 131 Å². The molecule has 0 saturated heterocycles. The molecule has 0 radical (unpaired) electrons. The van der Waals surface area contributed by atoms with E-state index in [1.165, 1.54) is 6.07 Å². The molecular formula is C16H24ClFN2O. The van der Waals surface area contributed by atoms with Crippen LogP contribution in [0.5, 0.6) is 0 Å². The Balaban J connectivity index is 0.00000220. The number of nitrogens with one attached hydrogen (secondary N) is 1. The third-order valence-corrected chi connectivity index (χ3v) is 4.05. The zero-order valence-corrected chi connectivity index (χ0v) is 13.4. The molecule has 0 spiro atoms. The summed E-state index contributed by atoms with van der Waals surface area (Å²) < 4.78 is 13.8. The summed E-state index contributed by atoms with van der Waals surface area (Å²) in [6.07, 6.45) is 2.73. The predicted octanol–water partition coefficient (Wildman–Crippen LogP) is 3.11. The minimum absolute atomic E-state index is 0. The van der Waals surface area contributed by atoms with E-state index in [1.807, 2.05) is 13.0 Å². The van der Waals surface area contributed by atoms with E-state index in [4.69, 9.17) is 5.73 Å². The molecule has 0 bridgehead atoms. The second-order valence-corrected chi connectivity index (χ2v) is 5.88. The number of amides is 1. The van der Waals surface area contributed by atoms with Crippen LogP contribution in [0.15, 0.2) is 18.2 Å². The summed E-state index contributed by atoms with van der Waals surface area (Å²) in [6, 6.07) is 5.06. The van der Waals surface area contributed by atoms with Crippen LogP contribution in [0.2, 0.25) is 0 Å². The predicted molar refractivity (Wildman–Crippen MR) is 84.9 cm³/mol. The van der Waals surface area contributed by atoms with Gasteiger partial charge < -0.3 is 11.1 Å². The van der Waals surface area contributed by atoms with Crippen molar-refractivity contribution in [2.24, 2.45) is 11.7 Å². The van der Waals surface area contributed by atoms with Crippen LogP contribution in [-0.4, -0.2) is 11.9 Å². The van der Waals surface area contributed by atoms with Crippen molar-refractivity contribution in [2.75, 3.05) is 0 Å². The highest BCUT2D eigenvalue weighted by atomic mass is 35.5. The molecule has 0 aromatic heterocycles. The SMILES string of the molecule is CC(N)CCC(=O)NC1c2cccc(F)c2CCC1C.Cl. The number of nitrogens with two attached hydrogens (primary N) is 1. The molecule has 0 aliphatic heterocycles. The molecule has 5 heteroatoms. The Hall–Kier alpha value is -1.13. The molecule has 1 aromatic rings. The van der Waals surface area contributed by atoms with Crippen molar-refractivity contribution in [3.8, 4) is 0 Å². The normalized spacial score (nSPS) is 21.9. The van der Waals surface area contributed by atoms with Gasteiger partial charge >= 0.3 is 0 Å². The van der Waals surface area contributed by atoms with Gasteiger partial charge in [-0.15, -0.1) is 12.4 Å². The van der Waals surface area contributed by atoms with Crippen LogP contribution in [0.25, 0.3) is 0 Å². The number of hydrogen-bond donors (Lipinski definition) is 2. The molecule has 1 aliphatic rings. The molecule has 0 saturated carbocycles. The quantitative estimate of drug-likeness (QED) is 0.897. The van der Waals surface area contributed by atoms with E-state index in [9.17, 15) is 9.18 Å². The zero-order chi connectivity index (χ0) is 14.7. The maximum atomic E-state index is 13.8. The maximum Gasteiger partial charge on any atom is 0.220 e. The van der Waals surface area contributed by atoms with E-state index in [-0.39, 0.29) is 36.2 Å². The minimum atomic E-state index is -0.163. The molecule has 21 heavy (non-hydrogen) atoms. The van der Waals surface area contributed by atoms with Crippen LogP contribution in [0.4, 0.5) is 4.39 Å². The number of carbonyl (C=O) groups excluding carboxylic acids is 1. The van der Waals surface area contributed by atoms with Crippen LogP contribution >= 0.6 is 12.4 Å². The number of benzene rings is 1. The van der Waals surface area contributed by atoms with E-state index in [1.54, 1.807) is 6.07 Å². The summed E-state index contributed by atoms with van der Waals surface area (Å²) in [5.74, 6) is 0.157. The molecule has 118 valence electrons. The van der Waals surface area contributed by atoms with E-state index >= 15 is 0 Å². The van der Waals surface area contributed by atoms with Gasteiger partial charge in [0.2, 0.25) is 5.91 Å². The first-order valence-electron chi connectivity index (χ1n) is 7.31. The summed E-state index contributed by atoms with van der Waals surface area (Å²) in [4.78, 5) is 12.0. The van der Waals surface area contributed by atoms with Crippen LogP contribution in [0, 0.1) is 11.7 Å². The van der Waals surface area contributed by atoms with Gasteiger partial charge in [0.15, 0.2) is 0 Å². The zero-order valence-electron chi connectivity index (χ0n) is 12.6. The fourth-order valence-electron chi connectivity index (χ4n) is 2.80. The van der Waals surface area contributed by atoms with Gasteiger partial charge in [0.25, 0.3) is 0 Å². The van der Waals surface area contributed by atoms with Crippen LogP contribution in [-0.2, 0) is 11.2 Å². The molecule has 3 nitrogen and oxygen atoms in total. The summed E-state index contributed by atoms with van der Waals surface area (Å²) in [7, 11) is 0. The summed E-state index contributed by atoms with van der Waals surface area (Å²) in [5, 5.41) is 3.05. The largest absolute Gasteiger partial charge is 0.349 e. The molecule has 0 heterocycles. The fraction of sp³-hybridized carbons (Fsp3) is 0.562. The molecule has 1 amide bonds. The Morgan fingerprint density at radius 3 is 2.90 bits per heavy atom. The minimum Gasteiger partial charge on any atom is -0.349 e. The van der Waals surface area contributed by atoms with Gasteiger partial charge in [0.05, 0.1) is 6.04 Å². The highest BCUT2D eigenvalue weighted by Gasteiger charge is 2.29. The number of halogens is 2. The van der Waals surface area contributed by atoms with E-state index in [0.717, 1.165) is 24.0 Å². The van der Waals surface area contributed by atoms with Gasteiger partial charge in [-0.25, -0.2) is 4.39 Å². The molecule has 1 aliphatic carbocycles. The first-order valence-corrected chi connectivity index (χ1v) is 7.31. The smallest absolute Gasteiger partial charge is 0.220 e. The highest BCUT2D eigenvalue weighted by molar-refractivity contribution is 5.85. The van der Waals surface area contributed by atoms with Gasteiger partial charge in [-0.1, -0.05) is 19.1 Å². The fourth-order valence-corrected chi connectivity index (χ4v) is 2.80. The van der Waals surface area contributed by atoms with Gasteiger partial charge in [-0.2, -0.15) is 0 Å². The first-order chi connectivity index (χ1) is 9.49. The summed E-state index contributed by atoms with van der Waals surface area (Å²) in [5.41, 5.74) is 7.35. The van der Waals surface area contributed by atoms with Gasteiger partial charge in [-0.05, 0) is 49.3 Å². The second-order valence-electron chi connectivity index (χ2n) is 5.88. The lowest BCUT2D eigenvalue weighted by Crippen LogP contribution is -2.36. The number of rotatable bonds is 4. The number of hydrogen-bond acceptors (Lipinski definition) is 2. The van der Waals surface area contributed by atoms with Gasteiger partial charge in [0.1, 0.15) is 5.82 Å². The van der Waals surface area contributed by atoms with Crippen molar-refractivity contribution in [2.45, 2.75) is 51.6 Å². The highest BCUT2D eigenvalue weighted by Crippen LogP contribution is 2.35. The standard InChI is InChI=1S/C16H23FN2O.ClH/c1-10-6-8-12-13(4-3-5-14(12)17)16(10)19-15(20)9-7-11(2)18;/h3-5,10-11,16H,6-9,18H2,1-2H3,(H,19,20);1H. The molecular weight excluding hydrogens is 291 g/mol. The second kappa shape index (κ2) is 7.76. The van der Waals surface area contributed by atoms with Gasteiger partial charge in [0, 0.05) is 12.5 Å². The van der Waals surface area contributed by atoms with Crippen molar-refractivity contribution >= 4 is 18.3 Å². The third-order valence-electron chi connectivity index (χ3n) is 4.05. The van der Waals surface area contributed by atoms with Gasteiger partial charge in [-0.3, -0.25) is 4.79 Å². The van der Waals surface area contributed by atoms with Crippen LogP contribution in [0.3, 0.4) is 0 Å². The van der Waals surface area contributed by atoms with Crippen LogP contribution < -0.4 is 11.1 Å². The van der Waals surface area contributed by atoms with E-state index < -0.39 is 0 Å². The lowest BCUT2D eigenvalue weighted by molar-refractivity contribution is -0.122. The monoisotopic (exact) mass is 314 g/mol. The number of fused-ring (bicyclic) bond motifs is 1. The van der Waals surface area contributed by atoms with Crippen molar-refractivity contribution in [3.05, 3.63) is 35.1 Å². The lowest BCUT2D eigenvalue weighted by atomic mass is 9.80. The topological polar surface area (TPSA) is 55.1 Å². The van der Waals surface area contributed by atoms with Crippen molar-refractivity contribution < 1.29 is 9.18 Å². The van der Waals surface area contributed by atoms with E-state index in [2.05, 4.69) is 12.2 Å². The Bertz CT molecular complexity index is 493. The average molecular weight is 315 g/mol. The molecule has 3 atom stereocenters. The molecule has 3 unspecified atom stereocenters. The molecule has 2 rings (SSSR count). The van der Waals surface area contributed by atoms with Crippen molar-refractivity contribution in [1.29, 1.82) is 0 Å². The van der Waals surface area contributed by atoms with Crippen LogP contribution in [0.1, 0.15) is 50.3 Å². The Morgan fingerprint density at radius 1 is 1.52 bits per heavy atom. The Kier molecular flexibility index (Phi) is 6.62. The Morgan fingerprint density at radius 2 is 2.24 bits per heavy atom. The lowest BCUT2D eigenvalue weighted by Gasteiger charge is -2.32. The average Bonchev–Trinajstić information content (AvgIpc) is 2.40. The van der Waals surface area contributed by atoms with Crippen molar-refractivity contribution in [1.82, 2.24) is 5.32 Å².